The second kappa shape index (κ2) is 8.17. The molecule has 6 rings (SSSR count). The molecule has 4 aromatic rings. The Hall–Kier alpha value is -4.24. The van der Waals surface area contributed by atoms with Crippen molar-refractivity contribution in [1.29, 1.82) is 0 Å². The number of aromatic nitrogens is 3. The Kier molecular flexibility index (Phi) is 5.04. The zero-order chi connectivity index (χ0) is 25.0. The molecule has 176 valence electrons. The summed E-state index contributed by atoms with van der Waals surface area (Å²) in [4.78, 5) is 30.9. The first-order valence-corrected chi connectivity index (χ1v) is 12.1. The summed E-state index contributed by atoms with van der Waals surface area (Å²) in [7, 11) is 0. The molecule has 2 aromatic heterocycles. The molecular weight excluding hydrogens is 451 g/mol. The second-order valence-electron chi connectivity index (χ2n) is 9.84. The largest absolute Gasteiger partial charge is 0.308 e. The van der Waals surface area contributed by atoms with Crippen molar-refractivity contribution in [1.82, 2.24) is 15.0 Å². The molecule has 2 aliphatic rings. The Morgan fingerprint density at radius 2 is 1.89 bits per heavy atom. The standard InChI is InChI=1S/C30H23FN4O/c1-17-22-13-12-21-26(20-9-5-6-10-23(20)31)34-29(19-14-18-8-4-7-11-24(18)33-16-19)35-28(21)30(22,2)15-25(32-3)27(17)36/h4-11,14-17,22H,12-13H2,1-2H3/t17-,22-,30-/m1/s1. The van der Waals surface area contributed by atoms with Gasteiger partial charge in [0.2, 0.25) is 5.70 Å². The minimum Gasteiger partial charge on any atom is -0.308 e. The summed E-state index contributed by atoms with van der Waals surface area (Å²) >= 11 is 0. The van der Waals surface area contributed by atoms with Gasteiger partial charge in [-0.25, -0.2) is 19.2 Å². The number of allylic oxidation sites excluding steroid dienone is 2. The van der Waals surface area contributed by atoms with Gasteiger partial charge < -0.3 is 4.79 Å². The molecule has 0 aliphatic heterocycles. The number of benzene rings is 2. The van der Waals surface area contributed by atoms with Gasteiger partial charge in [-0.3, -0.25) is 4.98 Å². The predicted octanol–water partition coefficient (Wildman–Crippen LogP) is 6.34. The van der Waals surface area contributed by atoms with E-state index < -0.39 is 5.41 Å². The van der Waals surface area contributed by atoms with E-state index in [1.807, 2.05) is 44.2 Å². The fourth-order valence-electron chi connectivity index (χ4n) is 5.94. The topological polar surface area (TPSA) is 60.1 Å². The van der Waals surface area contributed by atoms with Gasteiger partial charge in [-0.1, -0.05) is 50.3 Å². The number of halogens is 1. The quantitative estimate of drug-likeness (QED) is 0.318. The molecule has 0 N–H and O–H groups in total. The summed E-state index contributed by atoms with van der Waals surface area (Å²) in [5, 5.41) is 0.958. The predicted molar refractivity (Wildman–Crippen MR) is 136 cm³/mol. The molecule has 0 bridgehead atoms. The Balaban J connectivity index is 1.65. The molecule has 36 heavy (non-hydrogen) atoms. The SMILES string of the molecule is [C-]#[N+]C1=C[C@@]2(C)c3nc(-c4cnc5ccccc5c4)nc(-c4ccccc4F)c3CC[C@@H]2[C@@H](C)C1=O. The lowest BCUT2D eigenvalue weighted by atomic mass is 9.58. The van der Waals surface area contributed by atoms with Crippen LogP contribution in [0.25, 0.3) is 38.4 Å². The van der Waals surface area contributed by atoms with Crippen molar-refractivity contribution >= 4 is 16.7 Å². The Bertz CT molecular complexity index is 1640. The molecule has 3 atom stereocenters. The molecule has 6 heteroatoms. The smallest absolute Gasteiger partial charge is 0.226 e. The summed E-state index contributed by atoms with van der Waals surface area (Å²) in [5.74, 6) is -0.311. The number of carbonyl (C=O) groups is 1. The number of para-hydroxylation sites is 1. The van der Waals surface area contributed by atoms with Crippen LogP contribution in [0.3, 0.4) is 0 Å². The normalized spacial score (nSPS) is 22.9. The molecule has 0 fully saturated rings. The maximum Gasteiger partial charge on any atom is 0.226 e. The molecule has 5 nitrogen and oxygen atoms in total. The Morgan fingerprint density at radius 3 is 2.69 bits per heavy atom. The van der Waals surface area contributed by atoms with Crippen LogP contribution in [-0.4, -0.2) is 20.7 Å². The van der Waals surface area contributed by atoms with E-state index in [-0.39, 0.29) is 29.1 Å². The molecule has 2 heterocycles. The summed E-state index contributed by atoms with van der Waals surface area (Å²) < 4.78 is 15.1. The third-order valence-corrected chi connectivity index (χ3v) is 7.80. The molecule has 0 radical (unpaired) electrons. The van der Waals surface area contributed by atoms with Gasteiger partial charge >= 0.3 is 0 Å². The van der Waals surface area contributed by atoms with Crippen LogP contribution < -0.4 is 0 Å². The van der Waals surface area contributed by atoms with Crippen molar-refractivity contribution in [3.63, 3.8) is 0 Å². The van der Waals surface area contributed by atoms with Gasteiger partial charge in [0.15, 0.2) is 11.6 Å². The van der Waals surface area contributed by atoms with Crippen molar-refractivity contribution in [2.24, 2.45) is 11.8 Å². The van der Waals surface area contributed by atoms with E-state index >= 15 is 4.39 Å². The van der Waals surface area contributed by atoms with Gasteiger partial charge in [0.25, 0.3) is 0 Å². The van der Waals surface area contributed by atoms with E-state index in [0.29, 0.717) is 23.5 Å². The van der Waals surface area contributed by atoms with E-state index in [2.05, 4.69) is 9.83 Å². The zero-order valence-corrected chi connectivity index (χ0v) is 20.0. The van der Waals surface area contributed by atoms with E-state index in [9.17, 15) is 4.79 Å². The number of hydrogen-bond acceptors (Lipinski definition) is 4. The lowest BCUT2D eigenvalue weighted by molar-refractivity contribution is -0.121. The fourth-order valence-corrected chi connectivity index (χ4v) is 5.94. The Morgan fingerprint density at radius 1 is 1.11 bits per heavy atom. The van der Waals surface area contributed by atoms with Crippen LogP contribution in [0.4, 0.5) is 4.39 Å². The highest BCUT2D eigenvalue weighted by atomic mass is 19.1. The van der Waals surface area contributed by atoms with Crippen LogP contribution in [0, 0.1) is 24.2 Å². The van der Waals surface area contributed by atoms with Crippen LogP contribution in [0.15, 0.2) is 72.6 Å². The molecule has 0 spiro atoms. The summed E-state index contributed by atoms with van der Waals surface area (Å²) in [6.45, 7) is 11.5. The van der Waals surface area contributed by atoms with E-state index in [1.165, 1.54) is 6.07 Å². The number of ketones is 1. The zero-order valence-electron chi connectivity index (χ0n) is 20.0. The Labute approximate surface area is 208 Å². The minimum atomic E-state index is -0.650. The second-order valence-corrected chi connectivity index (χ2v) is 9.84. The number of carbonyl (C=O) groups excluding carboxylic acids is 1. The van der Waals surface area contributed by atoms with E-state index in [4.69, 9.17) is 16.5 Å². The number of Topliss-reactive ketones (excluding diaryl/α,β-unsaturated/α-hetero) is 1. The summed E-state index contributed by atoms with van der Waals surface area (Å²) in [5.41, 5.74) is 3.70. The van der Waals surface area contributed by atoms with Crippen LogP contribution in [-0.2, 0) is 16.6 Å². The van der Waals surface area contributed by atoms with Gasteiger partial charge in [0, 0.05) is 39.6 Å². The van der Waals surface area contributed by atoms with Crippen molar-refractivity contribution in [3.8, 4) is 22.6 Å². The molecule has 0 unspecified atom stereocenters. The number of nitrogens with zero attached hydrogens (tertiary/aromatic N) is 4. The first-order chi connectivity index (χ1) is 17.4. The third-order valence-electron chi connectivity index (χ3n) is 7.80. The molecule has 2 aromatic carbocycles. The molecule has 0 saturated heterocycles. The summed E-state index contributed by atoms with van der Waals surface area (Å²) in [6.07, 6.45) is 4.89. The lowest BCUT2D eigenvalue weighted by Gasteiger charge is -2.46. The van der Waals surface area contributed by atoms with Gasteiger partial charge in [-0.05, 0) is 43.0 Å². The van der Waals surface area contributed by atoms with Crippen molar-refractivity contribution in [3.05, 3.63) is 101 Å². The van der Waals surface area contributed by atoms with E-state index in [0.717, 1.165) is 34.1 Å². The van der Waals surface area contributed by atoms with Crippen molar-refractivity contribution in [2.75, 3.05) is 0 Å². The average Bonchev–Trinajstić information content (AvgIpc) is 2.90. The van der Waals surface area contributed by atoms with Crippen LogP contribution in [0.5, 0.6) is 0 Å². The number of fused-ring (bicyclic) bond motifs is 4. The maximum atomic E-state index is 15.1. The molecule has 0 saturated carbocycles. The highest BCUT2D eigenvalue weighted by Crippen LogP contribution is 2.51. The van der Waals surface area contributed by atoms with Gasteiger partial charge in [-0.2, -0.15) is 0 Å². The monoisotopic (exact) mass is 474 g/mol. The first kappa shape index (κ1) is 22.2. The molecule has 2 aliphatic carbocycles. The highest BCUT2D eigenvalue weighted by Gasteiger charge is 2.49. The maximum absolute atomic E-state index is 15.1. The van der Waals surface area contributed by atoms with Gasteiger partial charge in [0.05, 0.1) is 23.5 Å². The lowest BCUT2D eigenvalue weighted by Crippen LogP contribution is -2.46. The van der Waals surface area contributed by atoms with Crippen molar-refractivity contribution < 1.29 is 9.18 Å². The van der Waals surface area contributed by atoms with Gasteiger partial charge in [0.1, 0.15) is 5.82 Å². The molecular formula is C30H23FN4O. The summed E-state index contributed by atoms with van der Waals surface area (Å²) in [6, 6.07) is 16.5. The first-order valence-electron chi connectivity index (χ1n) is 12.1. The van der Waals surface area contributed by atoms with Gasteiger partial charge in [-0.15, -0.1) is 0 Å². The number of rotatable bonds is 2. The molecule has 0 amide bonds. The number of hydrogen-bond donors (Lipinski definition) is 0. The minimum absolute atomic E-state index is 0.00560. The average molecular weight is 475 g/mol. The third kappa shape index (κ3) is 3.27. The van der Waals surface area contributed by atoms with Crippen molar-refractivity contribution in [2.45, 2.75) is 32.1 Å². The van der Waals surface area contributed by atoms with Crippen LogP contribution >= 0.6 is 0 Å². The highest BCUT2D eigenvalue weighted by molar-refractivity contribution is 6.00. The van der Waals surface area contributed by atoms with E-state index in [1.54, 1.807) is 30.5 Å². The van der Waals surface area contributed by atoms with Crippen LogP contribution in [0.1, 0.15) is 31.5 Å². The van der Waals surface area contributed by atoms with Crippen LogP contribution in [0.2, 0.25) is 0 Å². The number of pyridine rings is 1. The fraction of sp³-hybridized carbons (Fsp3) is 0.233.